The second-order valence-corrected chi connectivity index (χ2v) is 5.53. The van der Waals surface area contributed by atoms with E-state index < -0.39 is 0 Å². The number of amidine groups is 1. The fourth-order valence-electron chi connectivity index (χ4n) is 2.47. The maximum absolute atomic E-state index is 7.80. The van der Waals surface area contributed by atoms with E-state index in [0.717, 1.165) is 29.2 Å². The van der Waals surface area contributed by atoms with Crippen LogP contribution in [0.2, 0.25) is 0 Å². The minimum absolute atomic E-state index is 0.0609. The highest BCUT2D eigenvalue weighted by Gasteiger charge is 2.15. The fourth-order valence-corrected chi connectivity index (χ4v) is 2.47. The van der Waals surface area contributed by atoms with Gasteiger partial charge >= 0.3 is 0 Å². The first-order valence-corrected chi connectivity index (χ1v) is 6.98. The van der Waals surface area contributed by atoms with Crippen molar-refractivity contribution in [2.24, 2.45) is 5.73 Å². The third-order valence-electron chi connectivity index (χ3n) is 3.50. The number of hydrogen-bond donors (Lipinski definition) is 2. The van der Waals surface area contributed by atoms with E-state index in [1.807, 2.05) is 31.9 Å². The summed E-state index contributed by atoms with van der Waals surface area (Å²) in [6.45, 7) is 6.73. The van der Waals surface area contributed by atoms with E-state index in [1.54, 1.807) is 0 Å². The Kier molecular flexibility index (Phi) is 4.26. The lowest BCUT2D eigenvalue weighted by molar-refractivity contribution is 0.887. The maximum atomic E-state index is 7.80. The minimum Gasteiger partial charge on any atom is -0.384 e. The molecule has 0 unspecified atom stereocenters. The number of aromatic nitrogens is 1. The molecule has 4 nitrogen and oxygen atoms in total. The zero-order valence-corrected chi connectivity index (χ0v) is 13.1. The average Bonchev–Trinajstić information content (AvgIpc) is 2.39. The Hall–Kier alpha value is -2.36. The van der Waals surface area contributed by atoms with E-state index in [-0.39, 0.29) is 5.84 Å². The Morgan fingerprint density at radius 2 is 1.81 bits per heavy atom. The number of nitrogen functional groups attached to an aromatic ring is 1. The van der Waals surface area contributed by atoms with Crippen LogP contribution in [-0.4, -0.2) is 17.9 Å². The van der Waals surface area contributed by atoms with E-state index in [4.69, 9.17) is 11.1 Å². The molecule has 1 aromatic heterocycles. The smallest absolute Gasteiger partial charge is 0.140 e. The third-order valence-corrected chi connectivity index (χ3v) is 3.50. The van der Waals surface area contributed by atoms with Crippen LogP contribution < -0.4 is 10.6 Å². The number of aryl methyl sites for hydroxylation is 3. The first-order valence-electron chi connectivity index (χ1n) is 6.98. The third kappa shape index (κ3) is 3.40. The highest BCUT2D eigenvalue weighted by molar-refractivity contribution is 6.01. The van der Waals surface area contributed by atoms with Crippen molar-refractivity contribution in [2.45, 2.75) is 27.3 Å². The molecule has 0 aliphatic carbocycles. The molecule has 110 valence electrons. The normalized spacial score (nSPS) is 10.5. The zero-order chi connectivity index (χ0) is 15.6. The molecular weight excluding hydrogens is 260 g/mol. The zero-order valence-electron chi connectivity index (χ0n) is 13.1. The van der Waals surface area contributed by atoms with Crippen LogP contribution in [0.1, 0.15) is 27.9 Å². The summed E-state index contributed by atoms with van der Waals surface area (Å²) in [5.74, 6) is 0.825. The summed E-state index contributed by atoms with van der Waals surface area (Å²) in [7, 11) is 1.98. The molecule has 0 saturated heterocycles. The highest BCUT2D eigenvalue weighted by Crippen LogP contribution is 2.22. The Labute approximate surface area is 126 Å². The van der Waals surface area contributed by atoms with Crippen LogP contribution in [-0.2, 0) is 6.54 Å². The van der Waals surface area contributed by atoms with Crippen molar-refractivity contribution < 1.29 is 0 Å². The lowest BCUT2D eigenvalue weighted by atomic mass is 10.1. The molecule has 1 heterocycles. The molecule has 3 N–H and O–H groups in total. The van der Waals surface area contributed by atoms with Crippen molar-refractivity contribution in [3.05, 3.63) is 58.3 Å². The van der Waals surface area contributed by atoms with Gasteiger partial charge in [0.25, 0.3) is 0 Å². The molecule has 0 aliphatic rings. The summed E-state index contributed by atoms with van der Waals surface area (Å²) in [6, 6.07) is 10.4. The monoisotopic (exact) mass is 282 g/mol. The molecule has 0 radical (unpaired) electrons. The van der Waals surface area contributed by atoms with Gasteiger partial charge in [0.1, 0.15) is 11.7 Å². The molecule has 4 heteroatoms. The molecule has 0 fully saturated rings. The number of hydrogen-bond acceptors (Lipinski definition) is 3. The van der Waals surface area contributed by atoms with Crippen LogP contribution in [0.3, 0.4) is 0 Å². The van der Waals surface area contributed by atoms with Gasteiger partial charge in [0.2, 0.25) is 0 Å². The van der Waals surface area contributed by atoms with Gasteiger partial charge in [-0.2, -0.15) is 0 Å². The molecule has 0 aliphatic heterocycles. The number of nitrogens with two attached hydrogens (primary N) is 1. The number of rotatable bonds is 4. The minimum atomic E-state index is 0.0609. The van der Waals surface area contributed by atoms with Gasteiger partial charge in [0, 0.05) is 19.3 Å². The summed E-state index contributed by atoms with van der Waals surface area (Å²) in [6.07, 6.45) is 0. The van der Waals surface area contributed by atoms with Crippen molar-refractivity contribution in [3.8, 4) is 0 Å². The van der Waals surface area contributed by atoms with Gasteiger partial charge in [0.15, 0.2) is 0 Å². The Morgan fingerprint density at radius 3 is 2.38 bits per heavy atom. The average molecular weight is 282 g/mol. The quantitative estimate of drug-likeness (QED) is 0.669. The SMILES string of the molecule is Cc1ccc(CN(C)c2nc(C)cc(C)c2C(=N)N)cc1. The van der Waals surface area contributed by atoms with Crippen molar-refractivity contribution in [1.29, 1.82) is 5.41 Å². The predicted octanol–water partition coefficient (Wildman–Crippen LogP) is 2.93. The van der Waals surface area contributed by atoms with Gasteiger partial charge in [0.05, 0.1) is 5.56 Å². The van der Waals surface area contributed by atoms with Crippen LogP contribution in [0.5, 0.6) is 0 Å². The largest absolute Gasteiger partial charge is 0.384 e. The summed E-state index contributed by atoms with van der Waals surface area (Å²) >= 11 is 0. The van der Waals surface area contributed by atoms with Crippen LogP contribution in [0, 0.1) is 26.2 Å². The Morgan fingerprint density at radius 1 is 1.19 bits per heavy atom. The molecule has 0 saturated carbocycles. The van der Waals surface area contributed by atoms with E-state index >= 15 is 0 Å². The van der Waals surface area contributed by atoms with Crippen molar-refractivity contribution in [3.63, 3.8) is 0 Å². The second kappa shape index (κ2) is 5.95. The van der Waals surface area contributed by atoms with Crippen LogP contribution in [0.15, 0.2) is 30.3 Å². The number of benzene rings is 1. The summed E-state index contributed by atoms with van der Waals surface area (Å²) in [5.41, 5.74) is 10.8. The molecule has 21 heavy (non-hydrogen) atoms. The van der Waals surface area contributed by atoms with Crippen LogP contribution in [0.25, 0.3) is 0 Å². The van der Waals surface area contributed by atoms with Crippen molar-refractivity contribution in [2.75, 3.05) is 11.9 Å². The lowest BCUT2D eigenvalue weighted by Crippen LogP contribution is -2.24. The number of nitrogens with zero attached hydrogens (tertiary/aromatic N) is 2. The van der Waals surface area contributed by atoms with E-state index in [0.29, 0.717) is 0 Å². The summed E-state index contributed by atoms with van der Waals surface area (Å²) in [4.78, 5) is 6.62. The number of pyridine rings is 1. The van der Waals surface area contributed by atoms with Gasteiger partial charge in [-0.3, -0.25) is 5.41 Å². The second-order valence-electron chi connectivity index (χ2n) is 5.53. The number of anilines is 1. The molecule has 2 aromatic rings. The molecule has 0 atom stereocenters. The standard InChI is InChI=1S/C17H22N4/c1-11-5-7-14(8-6-11)10-21(4)17-15(16(18)19)12(2)9-13(3)20-17/h5-9H,10H2,1-4H3,(H3,18,19). The van der Waals surface area contributed by atoms with Gasteiger partial charge in [-0.05, 0) is 38.0 Å². The van der Waals surface area contributed by atoms with Gasteiger partial charge in [-0.15, -0.1) is 0 Å². The van der Waals surface area contributed by atoms with Crippen molar-refractivity contribution >= 4 is 11.7 Å². The van der Waals surface area contributed by atoms with E-state index in [1.165, 1.54) is 11.1 Å². The number of nitrogens with one attached hydrogen (secondary N) is 1. The van der Waals surface area contributed by atoms with E-state index in [2.05, 4.69) is 36.2 Å². The molecule has 0 bridgehead atoms. The fraction of sp³-hybridized carbons (Fsp3) is 0.294. The lowest BCUT2D eigenvalue weighted by Gasteiger charge is -2.23. The van der Waals surface area contributed by atoms with Gasteiger partial charge < -0.3 is 10.6 Å². The maximum Gasteiger partial charge on any atom is 0.140 e. The Balaban J connectivity index is 2.36. The van der Waals surface area contributed by atoms with Gasteiger partial charge in [-0.25, -0.2) is 4.98 Å². The molecule has 0 spiro atoms. The van der Waals surface area contributed by atoms with Gasteiger partial charge in [-0.1, -0.05) is 29.8 Å². The van der Waals surface area contributed by atoms with Crippen molar-refractivity contribution in [1.82, 2.24) is 4.98 Å². The first kappa shape index (κ1) is 15.0. The van der Waals surface area contributed by atoms with E-state index in [9.17, 15) is 0 Å². The predicted molar refractivity (Wildman–Crippen MR) is 88.0 cm³/mol. The molecular formula is C17H22N4. The van der Waals surface area contributed by atoms with Crippen LogP contribution in [0.4, 0.5) is 5.82 Å². The van der Waals surface area contributed by atoms with Crippen LogP contribution >= 0.6 is 0 Å². The first-order chi connectivity index (χ1) is 9.88. The summed E-state index contributed by atoms with van der Waals surface area (Å²) in [5, 5.41) is 7.80. The molecule has 0 amide bonds. The highest BCUT2D eigenvalue weighted by atomic mass is 15.2. The Bertz CT molecular complexity index is 659. The summed E-state index contributed by atoms with van der Waals surface area (Å²) < 4.78 is 0. The topological polar surface area (TPSA) is 66.0 Å². The molecule has 1 aromatic carbocycles. The molecule has 2 rings (SSSR count).